The third-order valence-electron chi connectivity index (χ3n) is 5.85. The van der Waals surface area contributed by atoms with Crippen molar-refractivity contribution in [3.8, 4) is 5.75 Å². The largest absolute Gasteiger partial charge is 0.494 e. The molecule has 0 spiro atoms. The van der Waals surface area contributed by atoms with Crippen molar-refractivity contribution in [1.82, 2.24) is 20.1 Å². The SMILES string of the molecule is CCOc1ccc2[nH]c(=O)c(CN(CCCN3CCOCC3)C(=S)NCc3ccco3)cc2c1. The van der Waals surface area contributed by atoms with Crippen LogP contribution in [0.2, 0.25) is 0 Å². The highest BCUT2D eigenvalue weighted by atomic mass is 32.1. The van der Waals surface area contributed by atoms with Crippen LogP contribution < -0.4 is 15.6 Å². The Morgan fingerprint density at radius 1 is 1.26 bits per heavy atom. The molecule has 1 aliphatic heterocycles. The molecule has 0 amide bonds. The van der Waals surface area contributed by atoms with Gasteiger partial charge in [0.2, 0.25) is 0 Å². The molecule has 2 N–H and O–H groups in total. The first kappa shape index (κ1) is 24.3. The Kier molecular flexibility index (Phi) is 8.56. The maximum atomic E-state index is 12.9. The minimum absolute atomic E-state index is 0.108. The van der Waals surface area contributed by atoms with Crippen LogP contribution in [0.1, 0.15) is 24.7 Å². The maximum Gasteiger partial charge on any atom is 0.253 e. The van der Waals surface area contributed by atoms with Gasteiger partial charge in [-0.2, -0.15) is 0 Å². The van der Waals surface area contributed by atoms with Crippen molar-refractivity contribution < 1.29 is 13.9 Å². The Labute approximate surface area is 204 Å². The van der Waals surface area contributed by atoms with Crippen LogP contribution in [0, 0.1) is 0 Å². The molecule has 4 rings (SSSR count). The molecule has 1 saturated heterocycles. The number of nitrogens with zero attached hydrogens (tertiary/aromatic N) is 2. The predicted octanol–water partition coefficient (Wildman–Crippen LogP) is 3.12. The van der Waals surface area contributed by atoms with E-state index in [2.05, 4.69) is 20.1 Å². The molecule has 9 heteroatoms. The standard InChI is InChI=1S/C25H32N4O4S/c1-2-32-21-6-7-23-19(16-21)15-20(24(30)27-23)18-29(9-4-8-28-10-13-31-14-11-28)25(34)26-17-22-5-3-12-33-22/h3,5-7,12,15-16H,2,4,8-11,13-14,17-18H2,1H3,(H,26,34)(H,27,30). The lowest BCUT2D eigenvalue weighted by atomic mass is 10.1. The van der Waals surface area contributed by atoms with Crippen LogP contribution in [0.4, 0.5) is 0 Å². The van der Waals surface area contributed by atoms with Crippen molar-refractivity contribution in [2.24, 2.45) is 0 Å². The molecule has 34 heavy (non-hydrogen) atoms. The second-order valence-electron chi connectivity index (χ2n) is 8.27. The van der Waals surface area contributed by atoms with Gasteiger partial charge < -0.3 is 29.1 Å². The van der Waals surface area contributed by atoms with Crippen molar-refractivity contribution in [2.75, 3.05) is 46.0 Å². The molecule has 3 heterocycles. The fraction of sp³-hybridized carbons (Fsp3) is 0.440. The van der Waals surface area contributed by atoms with E-state index in [4.69, 9.17) is 26.1 Å². The minimum Gasteiger partial charge on any atom is -0.494 e. The summed E-state index contributed by atoms with van der Waals surface area (Å²) in [5, 5.41) is 4.81. The van der Waals surface area contributed by atoms with Crippen LogP contribution >= 0.6 is 12.2 Å². The number of fused-ring (bicyclic) bond motifs is 1. The third kappa shape index (κ3) is 6.59. The van der Waals surface area contributed by atoms with Crippen LogP contribution in [-0.4, -0.2) is 65.9 Å². The number of ether oxygens (including phenoxy) is 2. The van der Waals surface area contributed by atoms with Gasteiger partial charge in [-0.3, -0.25) is 9.69 Å². The minimum atomic E-state index is -0.108. The number of morpholine rings is 1. The van der Waals surface area contributed by atoms with Gasteiger partial charge in [-0.05, 0) is 62.0 Å². The van der Waals surface area contributed by atoms with E-state index in [-0.39, 0.29) is 5.56 Å². The molecule has 0 bridgehead atoms. The van der Waals surface area contributed by atoms with E-state index in [0.29, 0.717) is 30.4 Å². The quantitative estimate of drug-likeness (QED) is 0.425. The lowest BCUT2D eigenvalue weighted by Gasteiger charge is -2.29. The van der Waals surface area contributed by atoms with Crippen molar-refractivity contribution in [3.05, 3.63) is 64.3 Å². The van der Waals surface area contributed by atoms with Crippen molar-refractivity contribution >= 4 is 28.2 Å². The lowest BCUT2D eigenvalue weighted by molar-refractivity contribution is 0.0367. The second-order valence-corrected chi connectivity index (χ2v) is 8.66. The first-order chi connectivity index (χ1) is 16.6. The Bertz CT molecular complexity index is 1130. The van der Waals surface area contributed by atoms with Crippen LogP contribution in [0.5, 0.6) is 5.75 Å². The lowest BCUT2D eigenvalue weighted by Crippen LogP contribution is -2.42. The summed E-state index contributed by atoms with van der Waals surface area (Å²) in [6.07, 6.45) is 2.58. The maximum absolute atomic E-state index is 12.9. The van der Waals surface area contributed by atoms with Gasteiger partial charge in [0.15, 0.2) is 5.11 Å². The number of aromatic amines is 1. The van der Waals surface area contributed by atoms with Crippen LogP contribution in [0.25, 0.3) is 10.9 Å². The fourth-order valence-corrected chi connectivity index (χ4v) is 4.29. The van der Waals surface area contributed by atoms with Crippen LogP contribution in [-0.2, 0) is 17.8 Å². The van der Waals surface area contributed by atoms with Crippen molar-refractivity contribution in [1.29, 1.82) is 0 Å². The highest BCUT2D eigenvalue weighted by Gasteiger charge is 2.16. The first-order valence-corrected chi connectivity index (χ1v) is 12.2. The monoisotopic (exact) mass is 484 g/mol. The number of pyridine rings is 1. The summed E-state index contributed by atoms with van der Waals surface area (Å²) >= 11 is 5.72. The van der Waals surface area contributed by atoms with Crippen LogP contribution in [0.15, 0.2) is 51.9 Å². The Hall–Kier alpha value is -2.88. The second kappa shape index (κ2) is 12.0. The molecule has 182 valence electrons. The summed E-state index contributed by atoms with van der Waals surface area (Å²) in [5.41, 5.74) is 1.34. The number of hydrogen-bond donors (Lipinski definition) is 2. The van der Waals surface area contributed by atoms with Crippen LogP contribution in [0.3, 0.4) is 0 Å². The summed E-state index contributed by atoms with van der Waals surface area (Å²) in [7, 11) is 0. The van der Waals surface area contributed by atoms with Crippen molar-refractivity contribution in [2.45, 2.75) is 26.4 Å². The highest BCUT2D eigenvalue weighted by molar-refractivity contribution is 7.80. The molecular formula is C25H32N4O4S. The Balaban J connectivity index is 1.48. The molecule has 8 nitrogen and oxygen atoms in total. The molecule has 0 saturated carbocycles. The molecular weight excluding hydrogens is 452 g/mol. The zero-order valence-corrected chi connectivity index (χ0v) is 20.4. The summed E-state index contributed by atoms with van der Waals surface area (Å²) in [6, 6.07) is 11.4. The van der Waals surface area contributed by atoms with Gasteiger partial charge >= 0.3 is 0 Å². The average Bonchev–Trinajstić information content (AvgIpc) is 3.37. The molecule has 0 atom stereocenters. The van der Waals surface area contributed by atoms with E-state index in [9.17, 15) is 4.79 Å². The number of furan rings is 1. The molecule has 1 fully saturated rings. The Morgan fingerprint density at radius 2 is 2.12 bits per heavy atom. The van der Waals surface area contributed by atoms with Gasteiger partial charge in [0.1, 0.15) is 11.5 Å². The van der Waals surface area contributed by atoms with E-state index in [1.54, 1.807) is 6.26 Å². The van der Waals surface area contributed by atoms with Gasteiger partial charge in [0, 0.05) is 42.6 Å². The summed E-state index contributed by atoms with van der Waals surface area (Å²) in [5.74, 6) is 1.59. The number of benzene rings is 1. The predicted molar refractivity (Wildman–Crippen MR) is 136 cm³/mol. The molecule has 2 aromatic heterocycles. The molecule has 0 aliphatic carbocycles. The number of rotatable bonds is 10. The number of aromatic nitrogens is 1. The average molecular weight is 485 g/mol. The van der Waals surface area contributed by atoms with Gasteiger partial charge in [0.05, 0.1) is 39.2 Å². The normalized spacial score (nSPS) is 14.3. The zero-order valence-electron chi connectivity index (χ0n) is 19.5. The van der Waals surface area contributed by atoms with E-state index in [0.717, 1.165) is 68.2 Å². The highest BCUT2D eigenvalue weighted by Crippen LogP contribution is 2.20. The Morgan fingerprint density at radius 3 is 2.88 bits per heavy atom. The van der Waals surface area contributed by atoms with E-state index >= 15 is 0 Å². The number of thiocarbonyl (C=S) groups is 1. The topological polar surface area (TPSA) is 83.0 Å². The molecule has 1 aromatic carbocycles. The zero-order chi connectivity index (χ0) is 23.8. The summed E-state index contributed by atoms with van der Waals surface area (Å²) in [4.78, 5) is 20.3. The number of hydrogen-bond acceptors (Lipinski definition) is 6. The molecule has 1 aliphatic rings. The van der Waals surface area contributed by atoms with Gasteiger partial charge in [-0.25, -0.2) is 0 Å². The number of H-pyrrole nitrogens is 1. The van der Waals surface area contributed by atoms with E-state index in [1.165, 1.54) is 0 Å². The molecule has 0 radical (unpaired) electrons. The van der Waals surface area contributed by atoms with Gasteiger partial charge in [-0.15, -0.1) is 0 Å². The first-order valence-electron chi connectivity index (χ1n) is 11.8. The van der Waals surface area contributed by atoms with Gasteiger partial charge in [0.25, 0.3) is 5.56 Å². The smallest absolute Gasteiger partial charge is 0.253 e. The summed E-state index contributed by atoms with van der Waals surface area (Å²) in [6.45, 7) is 8.62. The van der Waals surface area contributed by atoms with E-state index in [1.807, 2.05) is 43.3 Å². The molecule has 0 unspecified atom stereocenters. The van der Waals surface area contributed by atoms with E-state index < -0.39 is 0 Å². The molecule has 3 aromatic rings. The summed E-state index contributed by atoms with van der Waals surface area (Å²) < 4.78 is 16.5. The number of nitrogens with one attached hydrogen (secondary N) is 2. The fourth-order valence-electron chi connectivity index (χ4n) is 4.06. The van der Waals surface area contributed by atoms with Crippen molar-refractivity contribution in [3.63, 3.8) is 0 Å². The third-order valence-corrected chi connectivity index (χ3v) is 6.25. The van der Waals surface area contributed by atoms with Gasteiger partial charge in [-0.1, -0.05) is 0 Å².